The number of carbonyl (C=O) groups is 2. The zero-order chi connectivity index (χ0) is 14.0. The second-order valence-electron chi connectivity index (χ2n) is 4.53. The summed E-state index contributed by atoms with van der Waals surface area (Å²) in [6.07, 6.45) is 1.53. The maximum atomic E-state index is 11.8. The van der Waals surface area contributed by atoms with E-state index in [0.29, 0.717) is 19.3 Å². The predicted octanol–water partition coefficient (Wildman–Crippen LogP) is 0.906. The number of hydrogen-bond acceptors (Lipinski definition) is 4. The van der Waals surface area contributed by atoms with E-state index in [-0.39, 0.29) is 17.6 Å². The van der Waals surface area contributed by atoms with Gasteiger partial charge < -0.3 is 20.5 Å². The number of aromatic nitrogens is 1. The van der Waals surface area contributed by atoms with Gasteiger partial charge in [-0.25, -0.2) is 4.98 Å². The van der Waals surface area contributed by atoms with Gasteiger partial charge in [-0.1, -0.05) is 0 Å². The number of hydrogen-bond donors (Lipinski definition) is 3. The van der Waals surface area contributed by atoms with Crippen LogP contribution in [-0.2, 0) is 4.79 Å². The smallest absolute Gasteiger partial charge is 0.321 e. The molecule has 0 spiro atoms. The van der Waals surface area contributed by atoms with Crippen LogP contribution in [0.5, 0.6) is 0 Å². The monoisotopic (exact) mass is 267 g/mol. The van der Waals surface area contributed by atoms with E-state index in [1.165, 1.54) is 12.1 Å². The van der Waals surface area contributed by atoms with E-state index in [1.54, 1.807) is 0 Å². The van der Waals surface area contributed by atoms with Crippen molar-refractivity contribution in [3.05, 3.63) is 27.9 Å². The Morgan fingerprint density at radius 3 is 2.68 bits per heavy atom. The molecule has 0 saturated heterocycles. The van der Waals surface area contributed by atoms with E-state index in [4.69, 9.17) is 5.11 Å². The zero-order valence-corrected chi connectivity index (χ0v) is 9.96. The number of nitrogens with one attached hydrogen (secondary N) is 2. The van der Waals surface area contributed by atoms with Gasteiger partial charge >= 0.3 is 11.8 Å². The van der Waals surface area contributed by atoms with Crippen LogP contribution in [-0.4, -0.2) is 32.9 Å². The molecule has 102 valence electrons. The molecule has 0 unspecified atom stereocenters. The average Bonchev–Trinajstić information content (AvgIpc) is 2.96. The molecule has 8 nitrogen and oxygen atoms in total. The molecule has 19 heavy (non-hydrogen) atoms. The number of carboxylic acids is 1. The van der Waals surface area contributed by atoms with E-state index < -0.39 is 22.7 Å². The number of nitrogens with zero attached hydrogens (tertiary/aromatic N) is 1. The predicted molar refractivity (Wildman–Crippen MR) is 63.7 cm³/mol. The quantitative estimate of drug-likeness (QED) is 0.552. The van der Waals surface area contributed by atoms with Gasteiger partial charge in [-0.3, -0.25) is 9.59 Å². The van der Waals surface area contributed by atoms with Gasteiger partial charge in [-0.15, -0.1) is 0 Å². The lowest BCUT2D eigenvalue weighted by Gasteiger charge is -2.10. The molecule has 1 aliphatic carbocycles. The summed E-state index contributed by atoms with van der Waals surface area (Å²) in [4.78, 5) is 34.8. The van der Waals surface area contributed by atoms with Gasteiger partial charge in [0.05, 0.1) is 5.92 Å². The summed E-state index contributed by atoms with van der Waals surface area (Å²) >= 11 is 0. The summed E-state index contributed by atoms with van der Waals surface area (Å²) in [5, 5.41) is 22.0. The van der Waals surface area contributed by atoms with Crippen molar-refractivity contribution < 1.29 is 19.6 Å². The van der Waals surface area contributed by atoms with Gasteiger partial charge in [0.15, 0.2) is 5.69 Å². The molecule has 1 heterocycles. The molecule has 1 aliphatic rings. The van der Waals surface area contributed by atoms with E-state index in [9.17, 15) is 19.7 Å². The number of nitro groups is 1. The van der Waals surface area contributed by atoms with Crippen molar-refractivity contribution in [3.63, 3.8) is 0 Å². The van der Waals surface area contributed by atoms with Crippen LogP contribution in [0.15, 0.2) is 12.1 Å². The van der Waals surface area contributed by atoms with Gasteiger partial charge in [0, 0.05) is 12.1 Å². The highest BCUT2D eigenvalue weighted by Crippen LogP contribution is 2.25. The molecule has 1 saturated carbocycles. The summed E-state index contributed by atoms with van der Waals surface area (Å²) in [5.41, 5.74) is 0.102. The fourth-order valence-electron chi connectivity index (χ4n) is 2.22. The van der Waals surface area contributed by atoms with Crippen molar-refractivity contribution >= 4 is 17.7 Å². The molecule has 2 atom stereocenters. The number of aromatic amines is 1. The number of H-pyrrole nitrogens is 1. The first-order valence-electron chi connectivity index (χ1n) is 5.84. The molecule has 2 rings (SSSR count). The van der Waals surface area contributed by atoms with Gasteiger partial charge in [0.2, 0.25) is 0 Å². The lowest BCUT2D eigenvalue weighted by Crippen LogP contribution is -2.33. The third-order valence-corrected chi connectivity index (χ3v) is 3.23. The summed E-state index contributed by atoms with van der Waals surface area (Å²) in [5.74, 6) is -1.99. The number of carbonyl (C=O) groups excluding carboxylic acids is 1. The van der Waals surface area contributed by atoms with Gasteiger partial charge in [-0.05, 0) is 30.3 Å². The van der Waals surface area contributed by atoms with Crippen LogP contribution >= 0.6 is 0 Å². The van der Waals surface area contributed by atoms with Crippen molar-refractivity contribution in [1.82, 2.24) is 10.3 Å². The molecule has 1 aromatic heterocycles. The number of rotatable bonds is 4. The van der Waals surface area contributed by atoms with Crippen LogP contribution in [0.1, 0.15) is 29.8 Å². The normalized spacial score (nSPS) is 22.1. The Labute approximate surface area is 108 Å². The van der Waals surface area contributed by atoms with Crippen molar-refractivity contribution in [2.24, 2.45) is 5.92 Å². The molecule has 1 amide bonds. The van der Waals surface area contributed by atoms with Gasteiger partial charge in [0.25, 0.3) is 5.91 Å². The lowest BCUT2D eigenvalue weighted by atomic mass is 10.1. The summed E-state index contributed by atoms with van der Waals surface area (Å²) in [6, 6.07) is 2.34. The van der Waals surface area contributed by atoms with Crippen LogP contribution in [0.3, 0.4) is 0 Å². The molecular weight excluding hydrogens is 254 g/mol. The van der Waals surface area contributed by atoms with Crippen LogP contribution in [0, 0.1) is 16.0 Å². The maximum absolute atomic E-state index is 11.8. The standard InChI is InChI=1S/C11H13N3O5/c15-10(8-3-4-9(13-8)14(18)19)12-7-2-1-6(5-7)11(16)17/h3-4,6-7,13H,1-2,5H2,(H,12,15)(H,16,17)/t6-,7+/m1/s1. The Bertz CT molecular complexity index is 524. The maximum Gasteiger partial charge on any atom is 0.321 e. The Kier molecular flexibility index (Phi) is 3.50. The van der Waals surface area contributed by atoms with Crippen molar-refractivity contribution in [1.29, 1.82) is 0 Å². The fourth-order valence-corrected chi connectivity index (χ4v) is 2.22. The fraction of sp³-hybridized carbons (Fsp3) is 0.455. The van der Waals surface area contributed by atoms with Crippen LogP contribution in [0.4, 0.5) is 5.82 Å². The Hall–Kier alpha value is -2.38. The van der Waals surface area contributed by atoms with Crippen LogP contribution < -0.4 is 5.32 Å². The topological polar surface area (TPSA) is 125 Å². The first-order valence-corrected chi connectivity index (χ1v) is 5.84. The molecule has 3 N–H and O–H groups in total. The highest BCUT2D eigenvalue weighted by molar-refractivity contribution is 5.93. The lowest BCUT2D eigenvalue weighted by molar-refractivity contribution is -0.389. The third kappa shape index (κ3) is 2.90. The van der Waals surface area contributed by atoms with Gasteiger partial charge in [-0.2, -0.15) is 0 Å². The number of carboxylic acid groups (broad SMARTS) is 1. The molecule has 1 fully saturated rings. The largest absolute Gasteiger partial charge is 0.481 e. The first kappa shape index (κ1) is 13.1. The molecule has 0 aromatic carbocycles. The number of aliphatic carboxylic acids is 1. The minimum absolute atomic E-state index is 0.102. The van der Waals surface area contributed by atoms with Crippen LogP contribution in [0.25, 0.3) is 0 Å². The minimum Gasteiger partial charge on any atom is -0.481 e. The first-order chi connectivity index (χ1) is 8.97. The number of amides is 1. The molecular formula is C11H13N3O5. The molecule has 0 aliphatic heterocycles. The van der Waals surface area contributed by atoms with Crippen molar-refractivity contribution in [2.45, 2.75) is 25.3 Å². The molecule has 0 radical (unpaired) electrons. The SMILES string of the molecule is O=C(N[C@H]1CC[C@@H](C(=O)O)C1)c1ccc([N+](=O)[O-])[nH]1. The minimum atomic E-state index is -0.854. The second-order valence-corrected chi connectivity index (χ2v) is 4.53. The summed E-state index contributed by atoms with van der Waals surface area (Å²) in [6.45, 7) is 0. The second kappa shape index (κ2) is 5.09. The average molecular weight is 267 g/mol. The van der Waals surface area contributed by atoms with Crippen molar-refractivity contribution in [3.8, 4) is 0 Å². The Balaban J connectivity index is 1.94. The van der Waals surface area contributed by atoms with Crippen LogP contribution in [0.2, 0.25) is 0 Å². The molecule has 0 bridgehead atoms. The van der Waals surface area contributed by atoms with E-state index in [0.717, 1.165) is 0 Å². The zero-order valence-electron chi connectivity index (χ0n) is 9.96. The highest BCUT2D eigenvalue weighted by Gasteiger charge is 2.31. The molecule has 1 aromatic rings. The van der Waals surface area contributed by atoms with E-state index >= 15 is 0 Å². The summed E-state index contributed by atoms with van der Waals surface area (Å²) < 4.78 is 0. The Morgan fingerprint density at radius 2 is 2.16 bits per heavy atom. The molecule has 8 heteroatoms. The van der Waals surface area contributed by atoms with E-state index in [1.807, 2.05) is 0 Å². The highest BCUT2D eigenvalue weighted by atomic mass is 16.6. The third-order valence-electron chi connectivity index (χ3n) is 3.23. The summed E-state index contributed by atoms with van der Waals surface area (Å²) in [7, 11) is 0. The van der Waals surface area contributed by atoms with E-state index in [2.05, 4.69) is 10.3 Å². The van der Waals surface area contributed by atoms with Crippen molar-refractivity contribution in [2.75, 3.05) is 0 Å². The van der Waals surface area contributed by atoms with Gasteiger partial charge in [0.1, 0.15) is 0 Å². The Morgan fingerprint density at radius 1 is 1.42 bits per heavy atom.